The molecule has 0 amide bonds. The van der Waals surface area contributed by atoms with Crippen LogP contribution < -0.4 is 4.90 Å². The first-order valence-corrected chi connectivity index (χ1v) is 8.27. The summed E-state index contributed by atoms with van der Waals surface area (Å²) in [6.45, 7) is 3.96. The summed E-state index contributed by atoms with van der Waals surface area (Å²) in [6.07, 6.45) is 4.87. The number of hydrogen-bond donors (Lipinski definition) is 0. The number of ether oxygens (including phenoxy) is 1. The molecule has 0 aliphatic carbocycles. The Morgan fingerprint density at radius 2 is 2.32 bits per heavy atom. The lowest BCUT2D eigenvalue weighted by Gasteiger charge is -2.27. The molecule has 2 aromatic heterocycles. The van der Waals surface area contributed by atoms with Crippen molar-refractivity contribution in [3.05, 3.63) is 52.4 Å². The van der Waals surface area contributed by atoms with Crippen LogP contribution in [-0.2, 0) is 4.74 Å². The van der Waals surface area contributed by atoms with Crippen LogP contribution in [0, 0.1) is 0 Å². The van der Waals surface area contributed by atoms with Gasteiger partial charge in [-0.05, 0) is 42.5 Å². The van der Waals surface area contributed by atoms with E-state index in [1.165, 1.54) is 10.5 Å². The van der Waals surface area contributed by atoms with E-state index in [0.717, 1.165) is 25.3 Å². The van der Waals surface area contributed by atoms with Gasteiger partial charge in [0.25, 0.3) is 0 Å². The molecule has 0 N–H and O–H groups in total. The highest BCUT2D eigenvalue weighted by Gasteiger charge is 2.15. The molecule has 3 heterocycles. The summed E-state index contributed by atoms with van der Waals surface area (Å²) < 4.78 is 4.97. The number of carbonyl (C=O) groups is 1. The number of esters is 1. The second-order valence-corrected chi connectivity index (χ2v) is 5.98. The summed E-state index contributed by atoms with van der Waals surface area (Å²) in [5.74, 6) is 0.578. The zero-order valence-electron chi connectivity index (χ0n) is 12.5. The number of pyridine rings is 1. The first-order valence-electron chi connectivity index (χ1n) is 7.39. The Balaban J connectivity index is 1.67. The molecule has 22 heavy (non-hydrogen) atoms. The van der Waals surface area contributed by atoms with E-state index in [2.05, 4.69) is 33.5 Å². The van der Waals surface area contributed by atoms with Crippen molar-refractivity contribution in [2.45, 2.75) is 13.3 Å². The summed E-state index contributed by atoms with van der Waals surface area (Å²) in [7, 11) is 0. The predicted octanol–water partition coefficient (Wildman–Crippen LogP) is 3.61. The molecule has 114 valence electrons. The van der Waals surface area contributed by atoms with Crippen molar-refractivity contribution in [2.24, 2.45) is 0 Å². The molecule has 0 saturated carbocycles. The largest absolute Gasteiger partial charge is 0.462 e. The monoisotopic (exact) mass is 314 g/mol. The van der Waals surface area contributed by atoms with E-state index in [1.54, 1.807) is 30.5 Å². The van der Waals surface area contributed by atoms with Crippen LogP contribution in [0.5, 0.6) is 0 Å². The third-order valence-corrected chi connectivity index (χ3v) is 4.58. The zero-order chi connectivity index (χ0) is 15.4. The first-order chi connectivity index (χ1) is 10.8. The van der Waals surface area contributed by atoms with Crippen molar-refractivity contribution in [2.75, 3.05) is 24.6 Å². The fraction of sp³-hybridized carbons (Fsp3) is 0.294. The molecule has 5 heteroatoms. The van der Waals surface area contributed by atoms with E-state index >= 15 is 0 Å². The van der Waals surface area contributed by atoms with Gasteiger partial charge < -0.3 is 9.64 Å². The van der Waals surface area contributed by atoms with Crippen LogP contribution in [0.1, 0.15) is 28.6 Å². The number of rotatable bonds is 4. The van der Waals surface area contributed by atoms with Crippen molar-refractivity contribution in [3.63, 3.8) is 0 Å². The van der Waals surface area contributed by atoms with Gasteiger partial charge in [0, 0.05) is 24.2 Å². The molecule has 0 saturated heterocycles. The maximum absolute atomic E-state index is 11.6. The van der Waals surface area contributed by atoms with Crippen LogP contribution in [0.4, 0.5) is 5.82 Å². The molecule has 0 bridgehead atoms. The third-order valence-electron chi connectivity index (χ3n) is 3.63. The van der Waals surface area contributed by atoms with Gasteiger partial charge in [-0.2, -0.15) is 0 Å². The standard InChI is InChI=1S/C17H18N2O2S/c1-2-21-17(20)14-5-6-16(18-12-14)19-9-7-13(8-10-19)15-4-3-11-22-15/h3-7,11-12H,2,8-10H2,1H3. The van der Waals surface area contributed by atoms with Gasteiger partial charge in [-0.3, -0.25) is 0 Å². The van der Waals surface area contributed by atoms with Gasteiger partial charge >= 0.3 is 5.97 Å². The molecule has 0 fully saturated rings. The van der Waals surface area contributed by atoms with Gasteiger partial charge in [0.1, 0.15) is 5.82 Å². The minimum atomic E-state index is -0.319. The quantitative estimate of drug-likeness (QED) is 0.809. The molecule has 0 aromatic carbocycles. The second-order valence-electron chi connectivity index (χ2n) is 5.03. The topological polar surface area (TPSA) is 42.4 Å². The van der Waals surface area contributed by atoms with Crippen LogP contribution >= 0.6 is 11.3 Å². The van der Waals surface area contributed by atoms with E-state index in [4.69, 9.17) is 4.74 Å². The third kappa shape index (κ3) is 3.20. The zero-order valence-corrected chi connectivity index (χ0v) is 13.3. The minimum Gasteiger partial charge on any atom is -0.462 e. The number of carbonyl (C=O) groups excluding carboxylic acids is 1. The van der Waals surface area contributed by atoms with E-state index in [0.29, 0.717) is 12.2 Å². The molecule has 4 nitrogen and oxygen atoms in total. The van der Waals surface area contributed by atoms with Gasteiger partial charge in [0.05, 0.1) is 12.2 Å². The molecule has 2 aromatic rings. The van der Waals surface area contributed by atoms with E-state index < -0.39 is 0 Å². The fourth-order valence-corrected chi connectivity index (χ4v) is 3.27. The maximum atomic E-state index is 11.6. The summed E-state index contributed by atoms with van der Waals surface area (Å²) in [5, 5.41) is 2.11. The van der Waals surface area contributed by atoms with Crippen LogP contribution in [-0.4, -0.2) is 30.6 Å². The Kier molecular flexibility index (Phi) is 4.53. The van der Waals surface area contributed by atoms with Crippen molar-refractivity contribution in [3.8, 4) is 0 Å². The molecule has 0 atom stereocenters. The fourth-order valence-electron chi connectivity index (χ4n) is 2.47. The average molecular weight is 314 g/mol. The second kappa shape index (κ2) is 6.75. The molecule has 0 unspecified atom stereocenters. The molecule has 1 aliphatic rings. The normalized spacial score (nSPS) is 14.6. The smallest absolute Gasteiger partial charge is 0.339 e. The van der Waals surface area contributed by atoms with Crippen molar-refractivity contribution in [1.82, 2.24) is 4.98 Å². The highest BCUT2D eigenvalue weighted by Crippen LogP contribution is 2.27. The van der Waals surface area contributed by atoms with Gasteiger partial charge in [-0.25, -0.2) is 9.78 Å². The Morgan fingerprint density at radius 1 is 1.41 bits per heavy atom. The summed E-state index contributed by atoms with van der Waals surface area (Å²) >= 11 is 1.78. The Hall–Kier alpha value is -2.14. The average Bonchev–Trinajstić information content (AvgIpc) is 3.10. The van der Waals surface area contributed by atoms with Crippen LogP contribution in [0.3, 0.4) is 0 Å². The Bertz CT molecular complexity index is 662. The molecular weight excluding hydrogens is 296 g/mol. The van der Waals surface area contributed by atoms with Crippen molar-refractivity contribution in [1.29, 1.82) is 0 Å². The highest BCUT2D eigenvalue weighted by molar-refractivity contribution is 7.11. The van der Waals surface area contributed by atoms with E-state index in [1.807, 2.05) is 6.07 Å². The minimum absolute atomic E-state index is 0.319. The van der Waals surface area contributed by atoms with Crippen LogP contribution in [0.2, 0.25) is 0 Å². The Morgan fingerprint density at radius 3 is 2.91 bits per heavy atom. The summed E-state index contributed by atoms with van der Waals surface area (Å²) in [6, 6.07) is 7.91. The number of nitrogens with zero attached hydrogens (tertiary/aromatic N) is 2. The molecule has 0 radical (unpaired) electrons. The number of aromatic nitrogens is 1. The van der Waals surface area contributed by atoms with Crippen molar-refractivity contribution < 1.29 is 9.53 Å². The van der Waals surface area contributed by atoms with Gasteiger partial charge in [-0.1, -0.05) is 12.1 Å². The Labute approximate surface area is 134 Å². The van der Waals surface area contributed by atoms with E-state index in [9.17, 15) is 4.79 Å². The predicted molar refractivity (Wildman–Crippen MR) is 89.3 cm³/mol. The van der Waals surface area contributed by atoms with Crippen LogP contribution in [0.25, 0.3) is 5.57 Å². The lowest BCUT2D eigenvalue weighted by molar-refractivity contribution is 0.0526. The number of thiophene rings is 1. The van der Waals surface area contributed by atoms with Gasteiger partial charge in [0.15, 0.2) is 0 Å². The SMILES string of the molecule is CCOC(=O)c1ccc(N2CC=C(c3cccs3)CC2)nc1. The van der Waals surface area contributed by atoms with Crippen LogP contribution in [0.15, 0.2) is 41.9 Å². The van der Waals surface area contributed by atoms with Crippen molar-refractivity contribution >= 4 is 28.7 Å². The molecular formula is C17H18N2O2S. The molecule has 3 rings (SSSR count). The summed E-state index contributed by atoms with van der Waals surface area (Å²) in [4.78, 5) is 19.6. The lowest BCUT2D eigenvalue weighted by Crippen LogP contribution is -2.28. The lowest BCUT2D eigenvalue weighted by atomic mass is 10.1. The highest BCUT2D eigenvalue weighted by atomic mass is 32.1. The first kappa shape index (κ1) is 14.8. The van der Waals surface area contributed by atoms with E-state index in [-0.39, 0.29) is 5.97 Å². The van der Waals surface area contributed by atoms with Gasteiger partial charge in [-0.15, -0.1) is 11.3 Å². The van der Waals surface area contributed by atoms with Gasteiger partial charge in [0.2, 0.25) is 0 Å². The number of hydrogen-bond acceptors (Lipinski definition) is 5. The maximum Gasteiger partial charge on any atom is 0.339 e. The molecule has 0 spiro atoms. The molecule has 1 aliphatic heterocycles. The number of anilines is 1. The summed E-state index contributed by atoms with van der Waals surface area (Å²) in [5.41, 5.74) is 1.91.